The molecule has 1 aliphatic heterocycles. The minimum absolute atomic E-state index is 0.239. The summed E-state index contributed by atoms with van der Waals surface area (Å²) in [6.45, 7) is 10.5. The van der Waals surface area contributed by atoms with Crippen LogP contribution in [-0.2, 0) is 4.79 Å². The second-order valence-electron chi connectivity index (χ2n) is 6.99. The average molecular weight is 298 g/mol. The van der Waals surface area contributed by atoms with Gasteiger partial charge >= 0.3 is 0 Å². The van der Waals surface area contributed by atoms with Gasteiger partial charge in [-0.25, -0.2) is 0 Å². The second kappa shape index (κ2) is 8.11. The summed E-state index contributed by atoms with van der Waals surface area (Å²) in [6, 6.07) is 0.644. The van der Waals surface area contributed by atoms with Crippen LogP contribution in [0.4, 0.5) is 0 Å². The van der Waals surface area contributed by atoms with E-state index in [1.807, 2.05) is 6.92 Å². The molecule has 1 rings (SSSR count). The van der Waals surface area contributed by atoms with Gasteiger partial charge in [0.2, 0.25) is 5.91 Å². The predicted molar refractivity (Wildman–Crippen MR) is 88.2 cm³/mol. The molecule has 3 N–H and O–H groups in total. The maximum atomic E-state index is 11.7. The van der Waals surface area contributed by atoms with Crippen LogP contribution in [0, 0.1) is 5.92 Å². The van der Waals surface area contributed by atoms with Gasteiger partial charge in [-0.15, -0.1) is 0 Å². The average Bonchev–Trinajstić information content (AvgIpc) is 2.77. The fourth-order valence-electron chi connectivity index (χ4n) is 3.26. The molecule has 124 valence electrons. The van der Waals surface area contributed by atoms with Gasteiger partial charge in [0.05, 0.1) is 5.54 Å². The number of hydrogen-bond donors (Lipinski definition) is 2. The van der Waals surface area contributed by atoms with Gasteiger partial charge in [-0.1, -0.05) is 13.8 Å². The molecule has 21 heavy (non-hydrogen) atoms. The number of nitrogens with zero attached hydrogens (tertiary/aromatic N) is 2. The van der Waals surface area contributed by atoms with Crippen LogP contribution in [0.15, 0.2) is 0 Å². The van der Waals surface area contributed by atoms with Gasteiger partial charge in [0, 0.05) is 19.1 Å². The van der Waals surface area contributed by atoms with E-state index in [2.05, 4.69) is 43.1 Å². The molecule has 1 saturated heterocycles. The molecule has 1 heterocycles. The zero-order chi connectivity index (χ0) is 16.0. The Balaban J connectivity index is 2.40. The zero-order valence-corrected chi connectivity index (χ0v) is 14.5. The summed E-state index contributed by atoms with van der Waals surface area (Å²) in [5.41, 5.74) is 5.00. The summed E-state index contributed by atoms with van der Waals surface area (Å²) in [6.07, 6.45) is 2.82. The Morgan fingerprint density at radius 3 is 2.57 bits per heavy atom. The van der Waals surface area contributed by atoms with Crippen molar-refractivity contribution in [2.24, 2.45) is 11.7 Å². The van der Waals surface area contributed by atoms with E-state index < -0.39 is 5.54 Å². The number of carbonyl (C=O) groups excluding carboxylic acids is 1. The molecule has 0 spiro atoms. The molecule has 0 aromatic rings. The first-order valence-electron chi connectivity index (χ1n) is 8.24. The van der Waals surface area contributed by atoms with Crippen molar-refractivity contribution in [2.75, 3.05) is 40.3 Å². The molecule has 0 aliphatic carbocycles. The zero-order valence-electron chi connectivity index (χ0n) is 14.5. The number of carbonyl (C=O) groups is 1. The van der Waals surface area contributed by atoms with Crippen LogP contribution < -0.4 is 11.1 Å². The highest BCUT2D eigenvalue weighted by atomic mass is 16.1. The lowest BCUT2D eigenvalue weighted by atomic mass is 9.94. The summed E-state index contributed by atoms with van der Waals surface area (Å²) in [5.74, 6) is 0.470. The summed E-state index contributed by atoms with van der Waals surface area (Å²) >= 11 is 0. The van der Waals surface area contributed by atoms with Gasteiger partial charge in [0.15, 0.2) is 0 Å². The van der Waals surface area contributed by atoms with Crippen LogP contribution in [-0.4, -0.2) is 67.6 Å². The number of likely N-dealkylation sites (N-methyl/N-ethyl adjacent to an activating group) is 1. The molecule has 0 saturated carbocycles. The number of amides is 1. The molecule has 0 aromatic heterocycles. The lowest BCUT2D eigenvalue weighted by Gasteiger charge is -2.28. The van der Waals surface area contributed by atoms with Crippen molar-refractivity contribution >= 4 is 5.91 Å². The molecule has 1 aliphatic rings. The Morgan fingerprint density at radius 1 is 1.43 bits per heavy atom. The van der Waals surface area contributed by atoms with Gasteiger partial charge in [0.25, 0.3) is 0 Å². The van der Waals surface area contributed by atoms with Crippen molar-refractivity contribution in [3.63, 3.8) is 0 Å². The highest BCUT2D eigenvalue weighted by molar-refractivity contribution is 5.84. The lowest BCUT2D eigenvalue weighted by Crippen LogP contribution is -2.53. The van der Waals surface area contributed by atoms with E-state index >= 15 is 0 Å². The number of rotatable bonds is 9. The molecule has 5 nitrogen and oxygen atoms in total. The highest BCUT2D eigenvalue weighted by Crippen LogP contribution is 2.21. The third-order valence-corrected chi connectivity index (χ3v) is 4.77. The van der Waals surface area contributed by atoms with E-state index in [1.165, 1.54) is 0 Å². The quantitative estimate of drug-likeness (QED) is 0.664. The minimum atomic E-state index is -0.567. The number of nitrogens with one attached hydrogen (secondary N) is 1. The van der Waals surface area contributed by atoms with E-state index in [0.29, 0.717) is 12.0 Å². The van der Waals surface area contributed by atoms with Gasteiger partial charge in [-0.2, -0.15) is 0 Å². The molecule has 0 aromatic carbocycles. The third kappa shape index (κ3) is 5.24. The molecule has 5 heteroatoms. The molecule has 0 bridgehead atoms. The Hall–Kier alpha value is -0.650. The van der Waals surface area contributed by atoms with E-state index in [1.54, 1.807) is 0 Å². The first-order chi connectivity index (χ1) is 9.80. The molecular formula is C16H34N4O. The molecular weight excluding hydrogens is 264 g/mol. The molecule has 3 atom stereocenters. The first kappa shape index (κ1) is 18.4. The second-order valence-corrected chi connectivity index (χ2v) is 6.99. The summed E-state index contributed by atoms with van der Waals surface area (Å²) in [5, 5.41) is 3.31. The van der Waals surface area contributed by atoms with Crippen molar-refractivity contribution in [1.29, 1.82) is 0 Å². The van der Waals surface area contributed by atoms with Crippen LogP contribution >= 0.6 is 0 Å². The fraction of sp³-hybridized carbons (Fsp3) is 0.938. The van der Waals surface area contributed by atoms with Crippen LogP contribution in [0.25, 0.3) is 0 Å². The predicted octanol–water partition coefficient (Wildman–Crippen LogP) is 0.892. The van der Waals surface area contributed by atoms with Gasteiger partial charge in [0.1, 0.15) is 0 Å². The largest absolute Gasteiger partial charge is 0.368 e. The summed E-state index contributed by atoms with van der Waals surface area (Å²) < 4.78 is 0. The van der Waals surface area contributed by atoms with E-state index in [-0.39, 0.29) is 5.91 Å². The monoisotopic (exact) mass is 298 g/mol. The number of likely N-dealkylation sites (tertiary alicyclic amines) is 1. The Morgan fingerprint density at radius 2 is 2.10 bits per heavy atom. The normalized spacial score (nSPS) is 26.2. The van der Waals surface area contributed by atoms with E-state index in [4.69, 9.17) is 5.73 Å². The van der Waals surface area contributed by atoms with Crippen LogP contribution in [0.5, 0.6) is 0 Å². The van der Waals surface area contributed by atoms with Crippen LogP contribution in [0.2, 0.25) is 0 Å². The van der Waals surface area contributed by atoms with Crippen molar-refractivity contribution in [1.82, 2.24) is 15.1 Å². The Labute approximate surface area is 130 Å². The number of nitrogens with two attached hydrogens (primary N) is 1. The standard InChI is InChI=1S/C16H34N4O/c1-6-9-18-16(3,15(17)21)8-7-10-20-11-13(2)14(12-20)19(4)5/h13-14,18H,6-12H2,1-5H3,(H2,17,21). The van der Waals surface area contributed by atoms with Gasteiger partial charge < -0.3 is 20.9 Å². The van der Waals surface area contributed by atoms with Gasteiger partial charge in [-0.3, -0.25) is 4.79 Å². The molecule has 1 amide bonds. The summed E-state index contributed by atoms with van der Waals surface area (Å²) in [4.78, 5) is 16.5. The molecule has 1 fully saturated rings. The van der Waals surface area contributed by atoms with E-state index in [0.717, 1.165) is 45.4 Å². The smallest absolute Gasteiger partial charge is 0.237 e. The van der Waals surface area contributed by atoms with Crippen molar-refractivity contribution < 1.29 is 4.79 Å². The van der Waals surface area contributed by atoms with E-state index in [9.17, 15) is 4.79 Å². The Kier molecular flexibility index (Phi) is 7.10. The van der Waals surface area contributed by atoms with Crippen molar-refractivity contribution in [3.8, 4) is 0 Å². The first-order valence-corrected chi connectivity index (χ1v) is 8.24. The van der Waals surface area contributed by atoms with Crippen LogP contribution in [0.3, 0.4) is 0 Å². The lowest BCUT2D eigenvalue weighted by molar-refractivity contribution is -0.124. The maximum absolute atomic E-state index is 11.7. The Bertz CT molecular complexity index is 334. The number of primary amides is 1. The maximum Gasteiger partial charge on any atom is 0.237 e. The third-order valence-electron chi connectivity index (χ3n) is 4.77. The fourth-order valence-corrected chi connectivity index (χ4v) is 3.26. The minimum Gasteiger partial charge on any atom is -0.368 e. The van der Waals surface area contributed by atoms with Crippen LogP contribution in [0.1, 0.15) is 40.0 Å². The molecule has 0 radical (unpaired) electrons. The SMILES string of the molecule is CCCNC(C)(CCCN1CC(C)C(N(C)C)C1)C(N)=O. The van der Waals surface area contributed by atoms with Crippen molar-refractivity contribution in [2.45, 2.75) is 51.6 Å². The summed E-state index contributed by atoms with van der Waals surface area (Å²) in [7, 11) is 4.31. The topological polar surface area (TPSA) is 61.6 Å². The number of hydrogen-bond acceptors (Lipinski definition) is 4. The van der Waals surface area contributed by atoms with Gasteiger partial charge in [-0.05, 0) is 59.3 Å². The molecule has 3 unspecified atom stereocenters. The highest BCUT2D eigenvalue weighted by Gasteiger charge is 2.32. The van der Waals surface area contributed by atoms with Crippen molar-refractivity contribution in [3.05, 3.63) is 0 Å².